The van der Waals surface area contributed by atoms with E-state index >= 15 is 0 Å². The average Bonchev–Trinajstić information content (AvgIpc) is 2.18. The van der Waals surface area contributed by atoms with Gasteiger partial charge in [-0.15, -0.1) is 0 Å². The molecule has 0 spiro atoms. The van der Waals surface area contributed by atoms with Crippen LogP contribution in [-0.4, -0.2) is 23.2 Å². The summed E-state index contributed by atoms with van der Waals surface area (Å²) in [5.74, 6) is -0.120. The van der Waals surface area contributed by atoms with Gasteiger partial charge in [0, 0.05) is 18.2 Å². The van der Waals surface area contributed by atoms with Gasteiger partial charge in [-0.3, -0.25) is 4.79 Å². The average molecular weight is 211 g/mol. The van der Waals surface area contributed by atoms with Crippen molar-refractivity contribution in [2.75, 3.05) is 6.61 Å². The number of hydrogen-bond donors (Lipinski definition) is 2. The van der Waals surface area contributed by atoms with Gasteiger partial charge >= 0.3 is 0 Å². The number of allylic oxidation sites excluding steroid dienone is 3. The zero-order chi connectivity index (χ0) is 11.7. The summed E-state index contributed by atoms with van der Waals surface area (Å²) in [6.45, 7) is 5.91. The molecule has 0 aromatic rings. The van der Waals surface area contributed by atoms with Crippen LogP contribution in [0, 0.1) is 0 Å². The van der Waals surface area contributed by atoms with Gasteiger partial charge in [0.1, 0.15) is 0 Å². The highest BCUT2D eigenvalue weighted by molar-refractivity contribution is 5.88. The molecular formula is C12H21NO2. The molecule has 0 saturated carbocycles. The Hall–Kier alpha value is -1.09. The predicted octanol–water partition coefficient (Wildman–Crippen LogP) is 1.79. The van der Waals surface area contributed by atoms with Crippen molar-refractivity contribution < 1.29 is 9.90 Å². The highest BCUT2D eigenvalue weighted by Gasteiger charge is 2.22. The van der Waals surface area contributed by atoms with Crippen molar-refractivity contribution in [2.24, 2.45) is 0 Å². The van der Waals surface area contributed by atoms with Crippen LogP contribution in [0.5, 0.6) is 0 Å². The summed E-state index contributed by atoms with van der Waals surface area (Å²) in [7, 11) is 0. The minimum Gasteiger partial charge on any atom is -0.396 e. The zero-order valence-electron chi connectivity index (χ0n) is 9.79. The van der Waals surface area contributed by atoms with Gasteiger partial charge in [-0.1, -0.05) is 25.2 Å². The third kappa shape index (κ3) is 6.07. The topological polar surface area (TPSA) is 49.3 Å². The van der Waals surface area contributed by atoms with Crippen LogP contribution in [0.2, 0.25) is 0 Å². The summed E-state index contributed by atoms with van der Waals surface area (Å²) in [6, 6.07) is 0. The molecule has 0 aliphatic rings. The van der Waals surface area contributed by atoms with E-state index in [1.165, 1.54) is 6.08 Å². The van der Waals surface area contributed by atoms with Crippen LogP contribution in [0.25, 0.3) is 0 Å². The van der Waals surface area contributed by atoms with Crippen LogP contribution in [-0.2, 0) is 4.79 Å². The zero-order valence-corrected chi connectivity index (χ0v) is 9.79. The molecule has 2 N–H and O–H groups in total. The Morgan fingerprint density at radius 3 is 2.60 bits per heavy atom. The molecule has 1 unspecified atom stereocenters. The molecule has 0 radical (unpaired) electrons. The van der Waals surface area contributed by atoms with E-state index in [4.69, 9.17) is 5.11 Å². The van der Waals surface area contributed by atoms with Gasteiger partial charge < -0.3 is 10.4 Å². The van der Waals surface area contributed by atoms with Crippen molar-refractivity contribution in [1.29, 1.82) is 0 Å². The summed E-state index contributed by atoms with van der Waals surface area (Å²) in [4.78, 5) is 11.5. The lowest BCUT2D eigenvalue weighted by atomic mass is 9.95. The highest BCUT2D eigenvalue weighted by atomic mass is 16.3. The van der Waals surface area contributed by atoms with E-state index < -0.39 is 0 Å². The SMILES string of the molecule is CC=C/C=C/C(=O)NC(C)(CC)CCO. The Morgan fingerprint density at radius 2 is 2.13 bits per heavy atom. The fraction of sp³-hybridized carbons (Fsp3) is 0.583. The first kappa shape index (κ1) is 13.9. The summed E-state index contributed by atoms with van der Waals surface area (Å²) < 4.78 is 0. The number of nitrogens with one attached hydrogen (secondary N) is 1. The Kier molecular flexibility index (Phi) is 6.71. The van der Waals surface area contributed by atoms with Gasteiger partial charge in [-0.05, 0) is 26.7 Å². The van der Waals surface area contributed by atoms with Gasteiger partial charge in [0.05, 0.1) is 0 Å². The van der Waals surface area contributed by atoms with Gasteiger partial charge in [0.25, 0.3) is 0 Å². The second-order valence-electron chi connectivity index (χ2n) is 3.76. The standard InChI is InChI=1S/C12H21NO2/c1-4-6-7-8-11(15)13-12(3,5-2)9-10-14/h4,6-8,14H,5,9-10H2,1-3H3,(H,13,15)/b6-4?,8-7+. The number of carbonyl (C=O) groups excluding carboxylic acids is 1. The minimum absolute atomic E-state index is 0.0865. The van der Waals surface area contributed by atoms with Gasteiger partial charge in [0.15, 0.2) is 0 Å². The van der Waals surface area contributed by atoms with E-state index in [2.05, 4.69) is 5.32 Å². The lowest BCUT2D eigenvalue weighted by Crippen LogP contribution is -2.45. The number of hydrogen-bond acceptors (Lipinski definition) is 2. The summed E-state index contributed by atoms with van der Waals surface area (Å²) in [5.41, 5.74) is -0.313. The van der Waals surface area contributed by atoms with Gasteiger partial charge in [0.2, 0.25) is 5.91 Å². The largest absolute Gasteiger partial charge is 0.396 e. The Balaban J connectivity index is 4.23. The molecule has 0 bridgehead atoms. The molecule has 0 fully saturated rings. The lowest BCUT2D eigenvalue weighted by Gasteiger charge is -2.28. The number of rotatable bonds is 6. The molecular weight excluding hydrogens is 190 g/mol. The first-order valence-electron chi connectivity index (χ1n) is 5.30. The molecule has 0 rings (SSSR count). The number of aliphatic hydroxyl groups is 1. The van der Waals surface area contributed by atoms with Crippen LogP contribution in [0.3, 0.4) is 0 Å². The van der Waals surface area contributed by atoms with Crippen molar-refractivity contribution in [3.05, 3.63) is 24.3 Å². The molecule has 0 aliphatic heterocycles. The van der Waals surface area contributed by atoms with E-state index in [1.54, 1.807) is 12.2 Å². The highest BCUT2D eigenvalue weighted by Crippen LogP contribution is 2.13. The van der Waals surface area contributed by atoms with Crippen molar-refractivity contribution >= 4 is 5.91 Å². The van der Waals surface area contributed by atoms with E-state index in [0.717, 1.165) is 6.42 Å². The first-order valence-corrected chi connectivity index (χ1v) is 5.30. The second kappa shape index (κ2) is 7.23. The molecule has 86 valence electrons. The lowest BCUT2D eigenvalue weighted by molar-refractivity contribution is -0.118. The van der Waals surface area contributed by atoms with Crippen molar-refractivity contribution in [2.45, 2.75) is 39.2 Å². The normalized spacial score (nSPS) is 15.7. The van der Waals surface area contributed by atoms with Crippen molar-refractivity contribution in [3.8, 4) is 0 Å². The molecule has 1 amide bonds. The van der Waals surface area contributed by atoms with E-state index in [-0.39, 0.29) is 18.1 Å². The molecule has 0 heterocycles. The fourth-order valence-electron chi connectivity index (χ4n) is 1.17. The quantitative estimate of drug-likeness (QED) is 0.520. The van der Waals surface area contributed by atoms with Crippen LogP contribution >= 0.6 is 0 Å². The maximum Gasteiger partial charge on any atom is 0.244 e. The van der Waals surface area contributed by atoms with Crippen LogP contribution in [0.15, 0.2) is 24.3 Å². The van der Waals surface area contributed by atoms with E-state index in [0.29, 0.717) is 6.42 Å². The smallest absolute Gasteiger partial charge is 0.244 e. The Labute approximate surface area is 91.9 Å². The van der Waals surface area contributed by atoms with E-state index in [1.807, 2.05) is 26.8 Å². The number of carbonyl (C=O) groups is 1. The third-order valence-electron chi connectivity index (χ3n) is 2.42. The fourth-order valence-corrected chi connectivity index (χ4v) is 1.17. The monoisotopic (exact) mass is 211 g/mol. The van der Waals surface area contributed by atoms with Crippen LogP contribution < -0.4 is 5.32 Å². The molecule has 0 aliphatic carbocycles. The van der Waals surface area contributed by atoms with Gasteiger partial charge in [-0.25, -0.2) is 0 Å². The van der Waals surface area contributed by atoms with Crippen molar-refractivity contribution in [3.63, 3.8) is 0 Å². The molecule has 0 aromatic heterocycles. The first-order chi connectivity index (χ1) is 7.08. The Morgan fingerprint density at radius 1 is 1.47 bits per heavy atom. The van der Waals surface area contributed by atoms with E-state index in [9.17, 15) is 4.79 Å². The summed E-state index contributed by atoms with van der Waals surface area (Å²) in [6.07, 6.45) is 8.23. The molecule has 3 nitrogen and oxygen atoms in total. The molecule has 15 heavy (non-hydrogen) atoms. The van der Waals surface area contributed by atoms with Gasteiger partial charge in [-0.2, -0.15) is 0 Å². The maximum absolute atomic E-state index is 11.5. The second-order valence-corrected chi connectivity index (χ2v) is 3.76. The molecule has 3 heteroatoms. The van der Waals surface area contributed by atoms with Crippen molar-refractivity contribution in [1.82, 2.24) is 5.32 Å². The summed E-state index contributed by atoms with van der Waals surface area (Å²) >= 11 is 0. The van der Waals surface area contributed by atoms with Crippen LogP contribution in [0.4, 0.5) is 0 Å². The Bertz CT molecular complexity index is 246. The molecule has 0 saturated heterocycles. The predicted molar refractivity (Wildman–Crippen MR) is 62.5 cm³/mol. The third-order valence-corrected chi connectivity index (χ3v) is 2.42. The maximum atomic E-state index is 11.5. The minimum atomic E-state index is -0.313. The number of amides is 1. The number of aliphatic hydroxyl groups excluding tert-OH is 1. The molecule has 0 aromatic carbocycles. The molecule has 1 atom stereocenters. The van der Waals surface area contributed by atoms with Crippen LogP contribution in [0.1, 0.15) is 33.6 Å². The summed E-state index contributed by atoms with van der Waals surface area (Å²) in [5, 5.41) is 11.8.